The van der Waals surface area contributed by atoms with Crippen molar-refractivity contribution in [2.24, 2.45) is 0 Å². The number of aryl methyl sites for hydroxylation is 1. The van der Waals surface area contributed by atoms with E-state index in [0.29, 0.717) is 29.2 Å². The monoisotopic (exact) mass is 453 g/mol. The van der Waals surface area contributed by atoms with Gasteiger partial charge in [-0.3, -0.25) is 14.4 Å². The molecule has 1 aliphatic rings. The second kappa shape index (κ2) is 10.3. The van der Waals surface area contributed by atoms with Crippen LogP contribution in [-0.2, 0) is 19.1 Å². The van der Waals surface area contributed by atoms with Crippen molar-refractivity contribution in [3.05, 3.63) is 64.7 Å². The van der Waals surface area contributed by atoms with Gasteiger partial charge in [0.15, 0.2) is 0 Å². The molecular weight excluding hydrogens is 426 g/mol. The van der Waals surface area contributed by atoms with Crippen LogP contribution < -0.4 is 9.47 Å². The molecule has 1 unspecified atom stereocenters. The summed E-state index contributed by atoms with van der Waals surface area (Å²) < 4.78 is 15.7. The standard InChI is InChI=1S/C25H27NO7/c1-5-32-20-11-8-18(14-15(20)2)23(28)21-22(26(12-13-31-4)25(30)24(21)29)17-6-9-19(10-7-17)33-16(3)27/h6-11,14,22,28H,5,12-13H2,1-4H3/b23-21-. The van der Waals surface area contributed by atoms with E-state index in [0.717, 1.165) is 5.56 Å². The van der Waals surface area contributed by atoms with E-state index in [4.69, 9.17) is 14.2 Å². The summed E-state index contributed by atoms with van der Waals surface area (Å²) >= 11 is 0. The van der Waals surface area contributed by atoms with Crippen molar-refractivity contribution in [2.75, 3.05) is 26.9 Å². The van der Waals surface area contributed by atoms with Crippen LogP contribution in [0.5, 0.6) is 11.5 Å². The zero-order valence-electron chi connectivity index (χ0n) is 19.1. The number of methoxy groups -OCH3 is 1. The predicted octanol–water partition coefficient (Wildman–Crippen LogP) is 3.39. The molecule has 3 rings (SSSR count). The number of rotatable bonds is 8. The normalized spacial score (nSPS) is 17.3. The summed E-state index contributed by atoms with van der Waals surface area (Å²) in [6.45, 7) is 5.89. The highest BCUT2D eigenvalue weighted by Crippen LogP contribution is 2.40. The van der Waals surface area contributed by atoms with Gasteiger partial charge in [-0.2, -0.15) is 0 Å². The Morgan fingerprint density at radius 1 is 1.12 bits per heavy atom. The summed E-state index contributed by atoms with van der Waals surface area (Å²) in [5.41, 5.74) is 1.77. The Morgan fingerprint density at radius 3 is 2.39 bits per heavy atom. The Hall–Kier alpha value is -3.65. The summed E-state index contributed by atoms with van der Waals surface area (Å²) in [7, 11) is 1.50. The van der Waals surface area contributed by atoms with Crippen LogP contribution in [0.4, 0.5) is 0 Å². The number of ether oxygens (including phenoxy) is 3. The summed E-state index contributed by atoms with van der Waals surface area (Å²) in [5.74, 6) is -1.21. The lowest BCUT2D eigenvalue weighted by atomic mass is 9.94. The van der Waals surface area contributed by atoms with Gasteiger partial charge in [0.1, 0.15) is 17.3 Å². The molecule has 33 heavy (non-hydrogen) atoms. The Balaban J connectivity index is 2.10. The number of benzene rings is 2. The van der Waals surface area contributed by atoms with Gasteiger partial charge in [0.05, 0.1) is 24.8 Å². The molecule has 1 heterocycles. The number of carbonyl (C=O) groups is 3. The zero-order chi connectivity index (χ0) is 24.1. The number of carbonyl (C=O) groups excluding carboxylic acids is 3. The number of aliphatic hydroxyl groups excluding tert-OH is 1. The molecule has 0 saturated carbocycles. The number of amides is 1. The number of ketones is 1. The minimum Gasteiger partial charge on any atom is -0.507 e. The minimum absolute atomic E-state index is 0.0140. The first-order valence-corrected chi connectivity index (χ1v) is 10.6. The first-order chi connectivity index (χ1) is 15.8. The van der Waals surface area contributed by atoms with Crippen molar-refractivity contribution in [2.45, 2.75) is 26.8 Å². The molecule has 1 fully saturated rings. The van der Waals surface area contributed by atoms with Gasteiger partial charge >= 0.3 is 5.97 Å². The molecule has 1 N–H and O–H groups in total. The fourth-order valence-corrected chi connectivity index (χ4v) is 3.80. The third-order valence-electron chi connectivity index (χ3n) is 5.28. The predicted molar refractivity (Wildman–Crippen MR) is 121 cm³/mol. The molecule has 174 valence electrons. The van der Waals surface area contributed by atoms with Crippen LogP contribution in [0.2, 0.25) is 0 Å². The third kappa shape index (κ3) is 5.06. The van der Waals surface area contributed by atoms with Crippen molar-refractivity contribution >= 4 is 23.4 Å². The summed E-state index contributed by atoms with van der Waals surface area (Å²) in [6, 6.07) is 10.7. The van der Waals surface area contributed by atoms with Gasteiger partial charge in [0.25, 0.3) is 11.7 Å². The first kappa shape index (κ1) is 24.0. The van der Waals surface area contributed by atoms with Gasteiger partial charge < -0.3 is 24.2 Å². The number of hydrogen-bond acceptors (Lipinski definition) is 7. The number of nitrogens with zero attached hydrogens (tertiary/aromatic N) is 1. The summed E-state index contributed by atoms with van der Waals surface area (Å²) in [6.07, 6.45) is 0. The third-order valence-corrected chi connectivity index (χ3v) is 5.28. The zero-order valence-corrected chi connectivity index (χ0v) is 19.1. The van der Waals surface area contributed by atoms with E-state index in [-0.39, 0.29) is 24.5 Å². The Morgan fingerprint density at radius 2 is 1.82 bits per heavy atom. The molecule has 1 aliphatic heterocycles. The highest BCUT2D eigenvalue weighted by molar-refractivity contribution is 6.46. The summed E-state index contributed by atoms with van der Waals surface area (Å²) in [4.78, 5) is 38.4. The Labute approximate surface area is 192 Å². The Bertz CT molecular complexity index is 1090. The minimum atomic E-state index is -0.821. The molecule has 2 aromatic rings. The van der Waals surface area contributed by atoms with Crippen LogP contribution >= 0.6 is 0 Å². The van der Waals surface area contributed by atoms with Crippen LogP contribution in [0.25, 0.3) is 5.76 Å². The molecule has 1 amide bonds. The first-order valence-electron chi connectivity index (χ1n) is 10.6. The topological polar surface area (TPSA) is 102 Å². The molecular formula is C25H27NO7. The highest BCUT2D eigenvalue weighted by atomic mass is 16.5. The quantitative estimate of drug-likeness (QED) is 0.215. The second-order valence-electron chi connectivity index (χ2n) is 7.56. The van der Waals surface area contributed by atoms with E-state index in [9.17, 15) is 19.5 Å². The maximum absolute atomic E-state index is 13.0. The molecule has 0 spiro atoms. The number of hydrogen-bond donors (Lipinski definition) is 1. The molecule has 0 radical (unpaired) electrons. The van der Waals surface area contributed by atoms with E-state index in [1.165, 1.54) is 18.9 Å². The fourth-order valence-electron chi connectivity index (χ4n) is 3.80. The Kier molecular flexibility index (Phi) is 7.50. The van der Waals surface area contributed by atoms with E-state index in [2.05, 4.69) is 0 Å². The van der Waals surface area contributed by atoms with Crippen LogP contribution in [0.3, 0.4) is 0 Å². The van der Waals surface area contributed by atoms with Gasteiger partial charge in [-0.05, 0) is 55.3 Å². The lowest BCUT2D eigenvalue weighted by Gasteiger charge is -2.25. The number of likely N-dealkylation sites (tertiary alicyclic amines) is 1. The van der Waals surface area contributed by atoms with Gasteiger partial charge in [-0.1, -0.05) is 12.1 Å². The molecule has 0 aromatic heterocycles. The van der Waals surface area contributed by atoms with Crippen molar-refractivity contribution in [3.63, 3.8) is 0 Å². The lowest BCUT2D eigenvalue weighted by Crippen LogP contribution is -2.32. The van der Waals surface area contributed by atoms with E-state index in [1.807, 2.05) is 13.8 Å². The molecule has 2 aromatic carbocycles. The van der Waals surface area contributed by atoms with E-state index in [1.54, 1.807) is 42.5 Å². The summed E-state index contributed by atoms with van der Waals surface area (Å²) in [5, 5.41) is 11.1. The number of aliphatic hydroxyl groups is 1. The van der Waals surface area contributed by atoms with E-state index >= 15 is 0 Å². The average molecular weight is 453 g/mol. The number of Topliss-reactive ketones (excluding diaryl/α,β-unsaturated/α-hetero) is 1. The molecule has 1 atom stereocenters. The van der Waals surface area contributed by atoms with Gasteiger partial charge in [-0.25, -0.2) is 0 Å². The maximum Gasteiger partial charge on any atom is 0.308 e. The average Bonchev–Trinajstić information content (AvgIpc) is 3.03. The molecule has 8 nitrogen and oxygen atoms in total. The molecule has 1 saturated heterocycles. The van der Waals surface area contributed by atoms with Crippen LogP contribution in [-0.4, -0.2) is 54.5 Å². The van der Waals surface area contributed by atoms with Crippen molar-refractivity contribution in [1.82, 2.24) is 4.90 Å². The maximum atomic E-state index is 13.0. The molecule has 0 bridgehead atoms. The largest absolute Gasteiger partial charge is 0.507 e. The number of esters is 1. The molecule has 0 aliphatic carbocycles. The van der Waals surface area contributed by atoms with Crippen molar-refractivity contribution in [3.8, 4) is 11.5 Å². The molecule has 8 heteroatoms. The van der Waals surface area contributed by atoms with Gasteiger partial charge in [0, 0.05) is 26.1 Å². The van der Waals surface area contributed by atoms with Gasteiger partial charge in [-0.15, -0.1) is 0 Å². The SMILES string of the molecule is CCOc1ccc(/C(O)=C2/C(=O)C(=O)N(CCOC)C2c2ccc(OC(C)=O)cc2)cc1C. The highest BCUT2D eigenvalue weighted by Gasteiger charge is 2.45. The van der Waals surface area contributed by atoms with Crippen LogP contribution in [0.15, 0.2) is 48.0 Å². The van der Waals surface area contributed by atoms with E-state index < -0.39 is 23.7 Å². The van der Waals surface area contributed by atoms with Crippen LogP contribution in [0, 0.1) is 6.92 Å². The second-order valence-corrected chi connectivity index (χ2v) is 7.56. The van der Waals surface area contributed by atoms with Gasteiger partial charge in [0.2, 0.25) is 0 Å². The van der Waals surface area contributed by atoms with Crippen molar-refractivity contribution in [1.29, 1.82) is 0 Å². The van der Waals surface area contributed by atoms with Crippen molar-refractivity contribution < 1.29 is 33.7 Å². The lowest BCUT2D eigenvalue weighted by molar-refractivity contribution is -0.140. The smallest absolute Gasteiger partial charge is 0.308 e. The fraction of sp³-hybridized carbons (Fsp3) is 0.320. The van der Waals surface area contributed by atoms with Crippen LogP contribution in [0.1, 0.15) is 36.6 Å².